The largest absolute Gasteiger partial charge is 0.490 e. The number of hydrogen-bond donors (Lipinski definition) is 1. The monoisotopic (exact) mass is 451 g/mol. The van der Waals surface area contributed by atoms with Crippen molar-refractivity contribution >= 4 is 21.7 Å². The van der Waals surface area contributed by atoms with Crippen molar-refractivity contribution in [1.29, 1.82) is 0 Å². The number of nitrogens with one attached hydrogen (secondary N) is 1. The molecule has 1 aliphatic heterocycles. The Kier molecular flexibility index (Phi) is 7.19. The van der Waals surface area contributed by atoms with E-state index < -0.39 is 21.1 Å². The zero-order valence-corrected chi connectivity index (χ0v) is 18.8. The average molecular weight is 452 g/mol. The minimum Gasteiger partial charge on any atom is -0.490 e. The first-order valence-corrected chi connectivity index (χ1v) is 12.5. The van der Waals surface area contributed by atoms with Crippen LogP contribution < -0.4 is 10.1 Å². The molecule has 8 heteroatoms. The quantitative estimate of drug-likeness (QED) is 0.412. The van der Waals surface area contributed by atoms with Gasteiger partial charge in [-0.05, 0) is 49.3 Å². The van der Waals surface area contributed by atoms with Crippen molar-refractivity contribution in [2.24, 2.45) is 11.8 Å². The lowest BCUT2D eigenvalue weighted by Gasteiger charge is -2.18. The van der Waals surface area contributed by atoms with Crippen LogP contribution in [0.5, 0.6) is 5.75 Å². The van der Waals surface area contributed by atoms with Gasteiger partial charge in [-0.25, -0.2) is 12.8 Å². The molecule has 1 aromatic carbocycles. The Hall–Kier alpha value is -2.22. The van der Waals surface area contributed by atoms with Gasteiger partial charge in [-0.2, -0.15) is 0 Å². The van der Waals surface area contributed by atoms with Crippen LogP contribution in [-0.2, 0) is 24.8 Å². The Balaban J connectivity index is 1.54. The molecule has 1 saturated heterocycles. The lowest BCUT2D eigenvalue weighted by atomic mass is 9.98. The maximum Gasteiger partial charge on any atom is 0.230 e. The lowest BCUT2D eigenvalue weighted by Crippen LogP contribution is -2.23. The summed E-state index contributed by atoms with van der Waals surface area (Å²) in [4.78, 5) is 22.7. The van der Waals surface area contributed by atoms with E-state index in [2.05, 4.69) is 5.32 Å². The summed E-state index contributed by atoms with van der Waals surface area (Å²) in [6.07, 6.45) is 5.99. The molecule has 3 rings (SSSR count). The first-order chi connectivity index (χ1) is 14.6. The Bertz CT molecular complexity index is 966. The summed E-state index contributed by atoms with van der Waals surface area (Å²) < 4.78 is 45.0. The van der Waals surface area contributed by atoms with Crippen molar-refractivity contribution in [3.8, 4) is 5.75 Å². The third-order valence-corrected chi connectivity index (χ3v) is 7.56. The van der Waals surface area contributed by atoms with E-state index in [1.54, 1.807) is 24.3 Å². The van der Waals surface area contributed by atoms with Gasteiger partial charge in [0.2, 0.25) is 11.8 Å². The Morgan fingerprint density at radius 3 is 2.61 bits per heavy atom. The molecule has 2 amide bonds. The summed E-state index contributed by atoms with van der Waals surface area (Å²) in [6.45, 7) is 4.36. The maximum atomic E-state index is 14.1. The number of sulfone groups is 1. The number of hydrogen-bond acceptors (Lipinski definition) is 5. The molecule has 1 atom stereocenters. The normalized spacial score (nSPS) is 20.5. The smallest absolute Gasteiger partial charge is 0.230 e. The molecule has 2 fully saturated rings. The molecule has 0 aromatic heterocycles. The molecule has 0 spiro atoms. The maximum absolute atomic E-state index is 14.1. The zero-order valence-electron chi connectivity index (χ0n) is 18.0. The van der Waals surface area contributed by atoms with Crippen LogP contribution in [0, 0.1) is 17.7 Å². The fourth-order valence-corrected chi connectivity index (χ4v) is 5.72. The standard InChI is InChI=1S/C23H30FNO5S/c1-16(2)14-30-20-13-18(7-8-19(20)24)23(9-10-23)15-31(28,29)11-5-3-4-6-17-12-21(26)25-22(17)27/h3-4,7-8,13,16-17H,5-6,9-12,14-15H2,1-2H3,(H,25,26,27)/b4-3+. The number of carbonyl (C=O) groups is 2. The SMILES string of the molecule is CC(C)COc1cc(C2(CS(=O)(=O)CC/C=C/CC3CC(=O)NC3=O)CC2)ccc1F. The Morgan fingerprint density at radius 1 is 1.26 bits per heavy atom. The summed E-state index contributed by atoms with van der Waals surface area (Å²) >= 11 is 0. The molecule has 2 aliphatic rings. The van der Waals surface area contributed by atoms with Gasteiger partial charge in [-0.15, -0.1) is 0 Å². The molecule has 1 aliphatic carbocycles. The topological polar surface area (TPSA) is 89.5 Å². The van der Waals surface area contributed by atoms with E-state index in [0.717, 1.165) is 18.4 Å². The number of rotatable bonds is 11. The third-order valence-electron chi connectivity index (χ3n) is 5.71. The highest BCUT2D eigenvalue weighted by atomic mass is 32.2. The number of halogens is 1. The number of carbonyl (C=O) groups excluding carboxylic acids is 2. The molecule has 170 valence electrons. The van der Waals surface area contributed by atoms with Crippen molar-refractivity contribution in [2.45, 2.75) is 51.4 Å². The summed E-state index contributed by atoms with van der Waals surface area (Å²) in [6, 6.07) is 4.66. The van der Waals surface area contributed by atoms with Crippen LogP contribution in [0.3, 0.4) is 0 Å². The highest BCUT2D eigenvalue weighted by Gasteiger charge is 2.47. The minimum atomic E-state index is -3.31. The zero-order chi connectivity index (χ0) is 22.6. The van der Waals surface area contributed by atoms with Gasteiger partial charge < -0.3 is 4.74 Å². The third kappa shape index (κ3) is 6.38. The van der Waals surface area contributed by atoms with Crippen LogP contribution in [0.2, 0.25) is 0 Å². The molecule has 1 saturated carbocycles. The highest BCUT2D eigenvalue weighted by molar-refractivity contribution is 7.91. The fraction of sp³-hybridized carbons (Fsp3) is 0.565. The van der Waals surface area contributed by atoms with Crippen molar-refractivity contribution in [3.05, 3.63) is 41.7 Å². The number of allylic oxidation sites excluding steroid dienone is 2. The van der Waals surface area contributed by atoms with E-state index in [1.807, 2.05) is 13.8 Å². The van der Waals surface area contributed by atoms with Gasteiger partial charge in [0.25, 0.3) is 0 Å². The molecular weight excluding hydrogens is 421 g/mol. The van der Waals surface area contributed by atoms with Crippen molar-refractivity contribution in [1.82, 2.24) is 5.32 Å². The number of ether oxygens (including phenoxy) is 1. The van der Waals surface area contributed by atoms with Gasteiger partial charge in [0.05, 0.1) is 24.0 Å². The highest BCUT2D eigenvalue weighted by Crippen LogP contribution is 2.50. The van der Waals surface area contributed by atoms with Gasteiger partial charge >= 0.3 is 0 Å². The summed E-state index contributed by atoms with van der Waals surface area (Å²) in [5, 5.41) is 2.26. The first kappa shape index (κ1) is 23.4. The molecule has 1 heterocycles. The van der Waals surface area contributed by atoms with Gasteiger partial charge in [-0.3, -0.25) is 14.9 Å². The molecule has 1 aromatic rings. The van der Waals surface area contributed by atoms with Crippen LogP contribution in [0.1, 0.15) is 51.5 Å². The average Bonchev–Trinajstić information content (AvgIpc) is 3.37. The van der Waals surface area contributed by atoms with E-state index in [0.29, 0.717) is 19.4 Å². The number of imide groups is 1. The predicted octanol–water partition coefficient (Wildman–Crippen LogP) is 3.31. The summed E-state index contributed by atoms with van der Waals surface area (Å²) in [5.41, 5.74) is 0.345. The minimum absolute atomic E-state index is 0.0128. The van der Waals surface area contributed by atoms with Gasteiger partial charge in [0, 0.05) is 11.8 Å². The summed E-state index contributed by atoms with van der Waals surface area (Å²) in [7, 11) is -3.31. The lowest BCUT2D eigenvalue weighted by molar-refractivity contribution is -0.125. The van der Waals surface area contributed by atoms with E-state index in [4.69, 9.17) is 4.74 Å². The number of benzene rings is 1. The molecule has 6 nitrogen and oxygen atoms in total. The predicted molar refractivity (Wildman–Crippen MR) is 116 cm³/mol. The van der Waals surface area contributed by atoms with Gasteiger partial charge in [0.15, 0.2) is 21.4 Å². The second kappa shape index (κ2) is 9.51. The van der Waals surface area contributed by atoms with Crippen LogP contribution in [0.25, 0.3) is 0 Å². The molecular formula is C23H30FNO5S. The van der Waals surface area contributed by atoms with Gasteiger partial charge in [-0.1, -0.05) is 32.1 Å². The van der Waals surface area contributed by atoms with Crippen LogP contribution >= 0.6 is 0 Å². The van der Waals surface area contributed by atoms with E-state index in [1.165, 1.54) is 6.07 Å². The van der Waals surface area contributed by atoms with Crippen molar-refractivity contribution < 1.29 is 27.1 Å². The van der Waals surface area contributed by atoms with Crippen LogP contribution in [-0.4, -0.2) is 38.3 Å². The molecule has 1 unspecified atom stereocenters. The van der Waals surface area contributed by atoms with E-state index in [-0.39, 0.29) is 47.3 Å². The Morgan fingerprint density at radius 2 is 2.00 bits per heavy atom. The molecule has 1 N–H and O–H groups in total. The summed E-state index contributed by atoms with van der Waals surface area (Å²) in [5.74, 6) is -0.858. The fourth-order valence-electron chi connectivity index (χ4n) is 3.78. The molecule has 0 radical (unpaired) electrons. The van der Waals surface area contributed by atoms with Crippen molar-refractivity contribution in [3.63, 3.8) is 0 Å². The molecule has 31 heavy (non-hydrogen) atoms. The van der Waals surface area contributed by atoms with Crippen LogP contribution in [0.4, 0.5) is 4.39 Å². The van der Waals surface area contributed by atoms with Crippen LogP contribution in [0.15, 0.2) is 30.4 Å². The first-order valence-electron chi connectivity index (χ1n) is 10.7. The Labute approximate surface area is 183 Å². The second-order valence-corrected chi connectivity index (χ2v) is 11.2. The number of amides is 2. The van der Waals surface area contributed by atoms with Gasteiger partial charge in [0.1, 0.15) is 0 Å². The van der Waals surface area contributed by atoms with E-state index in [9.17, 15) is 22.4 Å². The second-order valence-electron chi connectivity index (χ2n) is 9.03. The van der Waals surface area contributed by atoms with E-state index >= 15 is 0 Å². The van der Waals surface area contributed by atoms with Crippen molar-refractivity contribution in [2.75, 3.05) is 18.1 Å². The molecule has 0 bridgehead atoms.